The van der Waals surface area contributed by atoms with E-state index in [1.54, 1.807) is 4.90 Å². The van der Waals surface area contributed by atoms with Gasteiger partial charge < -0.3 is 10.2 Å². The second kappa shape index (κ2) is 5.72. The van der Waals surface area contributed by atoms with E-state index < -0.39 is 0 Å². The summed E-state index contributed by atoms with van der Waals surface area (Å²) in [4.78, 5) is 25.6. The first-order chi connectivity index (χ1) is 8.19. The summed E-state index contributed by atoms with van der Waals surface area (Å²) < 4.78 is 0. The maximum absolute atomic E-state index is 12.2. The standard InChI is InChI=1S/C14H26N2O2/c1-10(2)8-11-13(18)16(9-12(17)15-11)7-6-14(3,4)5/h10-11H,6-9H2,1-5H3,(H,15,17). The Hall–Kier alpha value is -1.06. The van der Waals surface area contributed by atoms with Crippen LogP contribution in [0.3, 0.4) is 0 Å². The van der Waals surface area contributed by atoms with Crippen LogP contribution in [0.2, 0.25) is 0 Å². The summed E-state index contributed by atoms with van der Waals surface area (Å²) in [5.74, 6) is 0.448. The Labute approximate surface area is 110 Å². The third-order valence-corrected chi connectivity index (χ3v) is 3.12. The summed E-state index contributed by atoms with van der Waals surface area (Å²) in [7, 11) is 0. The molecule has 104 valence electrons. The number of nitrogens with one attached hydrogen (secondary N) is 1. The van der Waals surface area contributed by atoms with Crippen LogP contribution in [0.5, 0.6) is 0 Å². The van der Waals surface area contributed by atoms with Gasteiger partial charge in [0.05, 0.1) is 6.54 Å². The van der Waals surface area contributed by atoms with Gasteiger partial charge in [0, 0.05) is 6.54 Å². The number of piperazine rings is 1. The molecule has 0 saturated carbocycles. The van der Waals surface area contributed by atoms with Crippen molar-refractivity contribution in [3.05, 3.63) is 0 Å². The van der Waals surface area contributed by atoms with Crippen molar-refractivity contribution < 1.29 is 9.59 Å². The molecule has 1 N–H and O–H groups in total. The fourth-order valence-electron chi connectivity index (χ4n) is 2.06. The largest absolute Gasteiger partial charge is 0.343 e. The number of carbonyl (C=O) groups excluding carboxylic acids is 2. The minimum atomic E-state index is -0.328. The molecule has 0 radical (unpaired) electrons. The number of nitrogens with zero attached hydrogens (tertiary/aromatic N) is 1. The Morgan fingerprint density at radius 1 is 1.33 bits per heavy atom. The van der Waals surface area contributed by atoms with Gasteiger partial charge in [-0.2, -0.15) is 0 Å². The predicted octanol–water partition coefficient (Wildman–Crippen LogP) is 1.80. The molecule has 2 amide bonds. The lowest BCUT2D eigenvalue weighted by Gasteiger charge is -2.34. The summed E-state index contributed by atoms with van der Waals surface area (Å²) in [6.45, 7) is 11.4. The third-order valence-electron chi connectivity index (χ3n) is 3.12. The summed E-state index contributed by atoms with van der Waals surface area (Å²) in [5, 5.41) is 2.79. The summed E-state index contributed by atoms with van der Waals surface area (Å²) in [6, 6.07) is -0.328. The van der Waals surface area contributed by atoms with Gasteiger partial charge in [-0.05, 0) is 24.2 Å². The van der Waals surface area contributed by atoms with Crippen molar-refractivity contribution in [1.29, 1.82) is 0 Å². The van der Waals surface area contributed by atoms with E-state index in [4.69, 9.17) is 0 Å². The van der Waals surface area contributed by atoms with Crippen LogP contribution in [-0.2, 0) is 9.59 Å². The van der Waals surface area contributed by atoms with E-state index in [2.05, 4.69) is 39.9 Å². The van der Waals surface area contributed by atoms with Gasteiger partial charge in [-0.15, -0.1) is 0 Å². The van der Waals surface area contributed by atoms with Crippen LogP contribution < -0.4 is 5.32 Å². The number of hydrogen-bond donors (Lipinski definition) is 1. The average molecular weight is 254 g/mol. The first-order valence-electron chi connectivity index (χ1n) is 6.77. The molecule has 0 aromatic carbocycles. The number of amides is 2. The molecule has 1 fully saturated rings. The predicted molar refractivity (Wildman–Crippen MR) is 72.0 cm³/mol. The van der Waals surface area contributed by atoms with Gasteiger partial charge in [-0.25, -0.2) is 0 Å². The minimum absolute atomic E-state index is 0.0332. The first-order valence-corrected chi connectivity index (χ1v) is 6.77. The number of carbonyl (C=O) groups is 2. The first kappa shape index (κ1) is 15.0. The van der Waals surface area contributed by atoms with Gasteiger partial charge in [0.1, 0.15) is 6.04 Å². The Bertz CT molecular complexity index is 318. The summed E-state index contributed by atoms with van der Waals surface area (Å²) in [6.07, 6.45) is 1.64. The molecule has 1 aliphatic rings. The molecule has 0 aliphatic carbocycles. The van der Waals surface area contributed by atoms with Gasteiger partial charge in [0.2, 0.25) is 11.8 Å². The smallest absolute Gasteiger partial charge is 0.245 e. The van der Waals surface area contributed by atoms with Crippen molar-refractivity contribution in [2.24, 2.45) is 11.3 Å². The van der Waals surface area contributed by atoms with Crippen LogP contribution in [0.1, 0.15) is 47.5 Å². The van der Waals surface area contributed by atoms with Crippen LogP contribution in [0.15, 0.2) is 0 Å². The minimum Gasteiger partial charge on any atom is -0.343 e. The maximum atomic E-state index is 12.2. The zero-order valence-corrected chi connectivity index (χ0v) is 12.2. The lowest BCUT2D eigenvalue weighted by molar-refractivity contribution is -0.145. The lowest BCUT2D eigenvalue weighted by Crippen LogP contribution is -2.58. The third kappa shape index (κ3) is 4.67. The molecule has 0 aromatic rings. The van der Waals surface area contributed by atoms with E-state index in [9.17, 15) is 9.59 Å². The SMILES string of the molecule is CC(C)CC1NC(=O)CN(CCC(C)(C)C)C1=O. The molecule has 1 aliphatic heterocycles. The van der Waals surface area contributed by atoms with Crippen LogP contribution in [0.4, 0.5) is 0 Å². The van der Waals surface area contributed by atoms with E-state index in [0.29, 0.717) is 12.5 Å². The normalized spacial score (nSPS) is 21.4. The van der Waals surface area contributed by atoms with Crippen molar-refractivity contribution in [2.75, 3.05) is 13.1 Å². The van der Waals surface area contributed by atoms with Gasteiger partial charge in [0.15, 0.2) is 0 Å². The fraction of sp³-hybridized carbons (Fsp3) is 0.857. The lowest BCUT2D eigenvalue weighted by atomic mass is 9.91. The van der Waals surface area contributed by atoms with E-state index >= 15 is 0 Å². The second-order valence-electron chi connectivity index (χ2n) is 6.82. The van der Waals surface area contributed by atoms with E-state index in [-0.39, 0.29) is 29.8 Å². The van der Waals surface area contributed by atoms with Crippen molar-refractivity contribution >= 4 is 11.8 Å². The molecule has 1 atom stereocenters. The number of rotatable bonds is 4. The molecule has 1 rings (SSSR count). The molecule has 4 nitrogen and oxygen atoms in total. The average Bonchev–Trinajstić information content (AvgIpc) is 2.18. The molecule has 0 spiro atoms. The van der Waals surface area contributed by atoms with Gasteiger partial charge >= 0.3 is 0 Å². The van der Waals surface area contributed by atoms with Crippen molar-refractivity contribution in [2.45, 2.75) is 53.5 Å². The van der Waals surface area contributed by atoms with Crippen LogP contribution in [0, 0.1) is 11.3 Å². The molecule has 18 heavy (non-hydrogen) atoms. The molecule has 1 heterocycles. The molecule has 1 unspecified atom stereocenters. The Morgan fingerprint density at radius 3 is 2.44 bits per heavy atom. The van der Waals surface area contributed by atoms with Crippen LogP contribution >= 0.6 is 0 Å². The van der Waals surface area contributed by atoms with Gasteiger partial charge in [-0.3, -0.25) is 9.59 Å². The zero-order valence-electron chi connectivity index (χ0n) is 12.2. The highest BCUT2D eigenvalue weighted by molar-refractivity contribution is 5.94. The molecule has 0 bridgehead atoms. The van der Waals surface area contributed by atoms with Crippen LogP contribution in [-0.4, -0.2) is 35.8 Å². The second-order valence-corrected chi connectivity index (χ2v) is 6.82. The summed E-state index contributed by atoms with van der Waals surface area (Å²) in [5.41, 5.74) is 0.182. The highest BCUT2D eigenvalue weighted by atomic mass is 16.2. The summed E-state index contributed by atoms with van der Waals surface area (Å²) >= 11 is 0. The monoisotopic (exact) mass is 254 g/mol. The number of hydrogen-bond acceptors (Lipinski definition) is 2. The van der Waals surface area contributed by atoms with E-state index in [0.717, 1.165) is 12.8 Å². The highest BCUT2D eigenvalue weighted by Gasteiger charge is 2.33. The zero-order chi connectivity index (χ0) is 13.9. The van der Waals surface area contributed by atoms with Crippen LogP contribution in [0.25, 0.3) is 0 Å². The Balaban J connectivity index is 2.62. The topological polar surface area (TPSA) is 49.4 Å². The molecule has 1 saturated heterocycles. The van der Waals surface area contributed by atoms with Gasteiger partial charge in [-0.1, -0.05) is 34.6 Å². The van der Waals surface area contributed by atoms with E-state index in [1.807, 2.05) is 0 Å². The molecular formula is C14H26N2O2. The molecule has 0 aromatic heterocycles. The van der Waals surface area contributed by atoms with Crippen molar-refractivity contribution in [3.63, 3.8) is 0 Å². The maximum Gasteiger partial charge on any atom is 0.245 e. The van der Waals surface area contributed by atoms with Crippen molar-refractivity contribution in [3.8, 4) is 0 Å². The highest BCUT2D eigenvalue weighted by Crippen LogP contribution is 2.20. The van der Waals surface area contributed by atoms with Crippen molar-refractivity contribution in [1.82, 2.24) is 10.2 Å². The Morgan fingerprint density at radius 2 is 1.94 bits per heavy atom. The quantitative estimate of drug-likeness (QED) is 0.831. The van der Waals surface area contributed by atoms with Gasteiger partial charge in [0.25, 0.3) is 0 Å². The fourth-order valence-corrected chi connectivity index (χ4v) is 2.06. The van der Waals surface area contributed by atoms with E-state index in [1.165, 1.54) is 0 Å². The Kier molecular flexibility index (Phi) is 4.77. The molecular weight excluding hydrogens is 228 g/mol. The molecule has 4 heteroatoms.